The molecule has 0 spiro atoms. The van der Waals surface area contributed by atoms with E-state index >= 15 is 0 Å². The highest BCUT2D eigenvalue weighted by Crippen LogP contribution is 2.37. The van der Waals surface area contributed by atoms with Crippen molar-refractivity contribution in [2.24, 2.45) is 5.92 Å². The number of hydrogen-bond donors (Lipinski definition) is 3. The zero-order chi connectivity index (χ0) is 30.4. The van der Waals surface area contributed by atoms with E-state index in [1.54, 1.807) is 51.1 Å². The summed E-state index contributed by atoms with van der Waals surface area (Å²) >= 11 is 6.43. The third-order valence-corrected chi connectivity index (χ3v) is 6.97. The Hall–Kier alpha value is -3.26. The topological polar surface area (TPSA) is 108 Å². The number of halogens is 1. The number of alkyl carbamates (subject to hydrolysis) is 1. The van der Waals surface area contributed by atoms with Crippen LogP contribution in [-0.4, -0.2) is 45.1 Å². The summed E-state index contributed by atoms with van der Waals surface area (Å²) in [5, 5.41) is 16.9. The van der Waals surface area contributed by atoms with Gasteiger partial charge in [-0.1, -0.05) is 62.7 Å². The van der Waals surface area contributed by atoms with Crippen molar-refractivity contribution in [1.29, 1.82) is 0 Å². The molecule has 40 heavy (non-hydrogen) atoms. The van der Waals surface area contributed by atoms with E-state index in [-0.39, 0.29) is 17.2 Å². The SMILES string of the molecule is CCC(C)(C)N(C(=O)C(CC(C)C)NC(=O)OC(C)(C)C)C(C(=O)Nc1c(C)cccc1Cl)c1ccccc1O. The van der Waals surface area contributed by atoms with Crippen molar-refractivity contribution in [3.05, 3.63) is 58.6 Å². The van der Waals surface area contributed by atoms with E-state index in [0.717, 1.165) is 5.56 Å². The van der Waals surface area contributed by atoms with Gasteiger partial charge in [-0.25, -0.2) is 4.79 Å². The van der Waals surface area contributed by atoms with E-state index in [1.807, 2.05) is 47.6 Å². The van der Waals surface area contributed by atoms with Crippen LogP contribution in [0.2, 0.25) is 5.02 Å². The Morgan fingerprint density at radius 2 is 1.65 bits per heavy atom. The third kappa shape index (κ3) is 8.62. The fraction of sp³-hybridized carbons (Fsp3) is 0.516. The van der Waals surface area contributed by atoms with Crippen molar-refractivity contribution in [2.75, 3.05) is 5.32 Å². The minimum absolute atomic E-state index is 0.0404. The first-order chi connectivity index (χ1) is 18.5. The van der Waals surface area contributed by atoms with Gasteiger partial charge >= 0.3 is 6.09 Å². The quantitative estimate of drug-likeness (QED) is 0.284. The lowest BCUT2D eigenvalue weighted by Gasteiger charge is -2.45. The second-order valence-corrected chi connectivity index (χ2v) is 12.5. The Bertz CT molecular complexity index is 1190. The number of ether oxygens (including phenoxy) is 1. The van der Waals surface area contributed by atoms with Gasteiger partial charge in [0.2, 0.25) is 5.91 Å². The van der Waals surface area contributed by atoms with Gasteiger partial charge in [0.05, 0.1) is 10.7 Å². The summed E-state index contributed by atoms with van der Waals surface area (Å²) < 4.78 is 5.45. The lowest BCUT2D eigenvalue weighted by Crippen LogP contribution is -2.59. The number of hydrogen-bond acceptors (Lipinski definition) is 5. The molecule has 0 heterocycles. The Labute approximate surface area is 243 Å². The van der Waals surface area contributed by atoms with Gasteiger partial charge in [-0.2, -0.15) is 0 Å². The first kappa shape index (κ1) is 32.9. The average molecular weight is 574 g/mol. The van der Waals surface area contributed by atoms with E-state index in [0.29, 0.717) is 23.6 Å². The largest absolute Gasteiger partial charge is 0.508 e. The first-order valence-electron chi connectivity index (χ1n) is 13.6. The minimum atomic E-state index is -1.24. The van der Waals surface area contributed by atoms with Crippen LogP contribution in [0.5, 0.6) is 5.75 Å². The molecule has 0 bridgehead atoms. The standard InChI is InChI=1S/C31H44ClN3O5/c1-10-31(8,9)35(28(38)23(18-19(2)3)33-29(39)40-30(5,6)7)26(21-15-11-12-17-24(21)36)27(37)34-25-20(4)14-13-16-22(25)32/h11-17,19,23,26,36H,10,18H2,1-9H3,(H,33,39)(H,34,37). The molecule has 3 amide bonds. The molecule has 0 aliphatic heterocycles. The zero-order valence-corrected chi connectivity index (χ0v) is 25.8. The Morgan fingerprint density at radius 3 is 2.17 bits per heavy atom. The fourth-order valence-electron chi connectivity index (χ4n) is 4.35. The second-order valence-electron chi connectivity index (χ2n) is 12.1. The highest BCUT2D eigenvalue weighted by Gasteiger charge is 2.44. The summed E-state index contributed by atoms with van der Waals surface area (Å²) in [6.45, 7) is 16.6. The molecule has 0 radical (unpaired) electrons. The van der Waals surface area contributed by atoms with E-state index in [2.05, 4.69) is 10.6 Å². The van der Waals surface area contributed by atoms with Crippen molar-refractivity contribution in [1.82, 2.24) is 10.2 Å². The number of carbonyl (C=O) groups is 3. The third-order valence-electron chi connectivity index (χ3n) is 6.66. The molecule has 0 saturated carbocycles. The molecule has 2 aromatic carbocycles. The number of benzene rings is 2. The number of rotatable bonds is 10. The van der Waals surface area contributed by atoms with E-state index in [9.17, 15) is 19.5 Å². The normalized spacial score (nSPS) is 13.4. The van der Waals surface area contributed by atoms with Gasteiger partial charge in [0.15, 0.2) is 0 Å². The van der Waals surface area contributed by atoms with Crippen molar-refractivity contribution in [3.8, 4) is 5.75 Å². The second kappa shape index (κ2) is 13.4. The number of para-hydroxylation sites is 2. The molecule has 0 saturated heterocycles. The summed E-state index contributed by atoms with van der Waals surface area (Å²) in [5.41, 5.74) is -0.208. The van der Waals surface area contributed by atoms with Gasteiger partial charge < -0.3 is 25.4 Å². The number of carbonyl (C=O) groups excluding carboxylic acids is 3. The summed E-state index contributed by atoms with van der Waals surface area (Å²) in [7, 11) is 0. The number of phenolic OH excluding ortho intramolecular Hbond substituents is 1. The molecule has 0 aliphatic carbocycles. The van der Waals surface area contributed by atoms with Crippen LogP contribution in [0.3, 0.4) is 0 Å². The predicted molar refractivity (Wildman–Crippen MR) is 159 cm³/mol. The van der Waals surface area contributed by atoms with Crippen LogP contribution in [0.15, 0.2) is 42.5 Å². The van der Waals surface area contributed by atoms with Crippen molar-refractivity contribution in [3.63, 3.8) is 0 Å². The van der Waals surface area contributed by atoms with Gasteiger partial charge in [0.1, 0.15) is 23.4 Å². The molecule has 0 aliphatic rings. The molecule has 9 heteroatoms. The van der Waals surface area contributed by atoms with Gasteiger partial charge in [0.25, 0.3) is 5.91 Å². The minimum Gasteiger partial charge on any atom is -0.508 e. The summed E-state index contributed by atoms with van der Waals surface area (Å²) in [5.74, 6) is -1.11. The van der Waals surface area contributed by atoms with Gasteiger partial charge in [-0.3, -0.25) is 9.59 Å². The highest BCUT2D eigenvalue weighted by molar-refractivity contribution is 6.34. The van der Waals surface area contributed by atoms with Crippen LogP contribution in [-0.2, 0) is 14.3 Å². The van der Waals surface area contributed by atoms with Crippen LogP contribution in [0.1, 0.15) is 85.4 Å². The van der Waals surface area contributed by atoms with Crippen LogP contribution in [0.25, 0.3) is 0 Å². The summed E-state index contributed by atoms with van der Waals surface area (Å²) in [4.78, 5) is 42.9. The van der Waals surface area contributed by atoms with E-state index in [1.165, 1.54) is 11.0 Å². The molecule has 0 aromatic heterocycles. The summed E-state index contributed by atoms with van der Waals surface area (Å²) in [6.07, 6.45) is 0.0748. The summed E-state index contributed by atoms with van der Waals surface area (Å²) in [6, 6.07) is 9.48. The number of aromatic hydroxyl groups is 1. The van der Waals surface area contributed by atoms with Crippen molar-refractivity contribution < 1.29 is 24.2 Å². The molecule has 2 rings (SSSR count). The molecule has 8 nitrogen and oxygen atoms in total. The average Bonchev–Trinajstić information content (AvgIpc) is 2.83. The maximum atomic E-state index is 14.5. The Kier molecular flexibility index (Phi) is 11.0. The predicted octanol–water partition coefficient (Wildman–Crippen LogP) is 6.99. The number of aryl methyl sites for hydroxylation is 1. The Balaban J connectivity index is 2.70. The van der Waals surface area contributed by atoms with Crippen LogP contribution in [0.4, 0.5) is 10.5 Å². The lowest BCUT2D eigenvalue weighted by atomic mass is 9.90. The molecule has 2 aromatic rings. The molecule has 220 valence electrons. The molecule has 2 atom stereocenters. The number of phenols is 1. The van der Waals surface area contributed by atoms with Gasteiger partial charge in [-0.05, 0) is 78.0 Å². The molecular formula is C31H44ClN3O5. The number of anilines is 1. The molecule has 3 N–H and O–H groups in total. The van der Waals surface area contributed by atoms with Crippen LogP contribution >= 0.6 is 11.6 Å². The van der Waals surface area contributed by atoms with Crippen molar-refractivity contribution in [2.45, 2.75) is 98.4 Å². The number of amides is 3. The smallest absolute Gasteiger partial charge is 0.408 e. The molecular weight excluding hydrogens is 530 g/mol. The zero-order valence-electron chi connectivity index (χ0n) is 25.1. The number of nitrogens with one attached hydrogen (secondary N) is 2. The van der Waals surface area contributed by atoms with E-state index in [4.69, 9.17) is 16.3 Å². The van der Waals surface area contributed by atoms with Crippen LogP contribution < -0.4 is 10.6 Å². The lowest BCUT2D eigenvalue weighted by molar-refractivity contribution is -0.148. The van der Waals surface area contributed by atoms with Gasteiger partial charge in [-0.15, -0.1) is 0 Å². The fourth-order valence-corrected chi connectivity index (χ4v) is 4.62. The van der Waals surface area contributed by atoms with Crippen LogP contribution in [0, 0.1) is 12.8 Å². The highest BCUT2D eigenvalue weighted by atomic mass is 35.5. The maximum Gasteiger partial charge on any atom is 0.408 e. The number of nitrogens with zero attached hydrogens (tertiary/aromatic N) is 1. The van der Waals surface area contributed by atoms with E-state index < -0.39 is 41.1 Å². The molecule has 2 unspecified atom stereocenters. The Morgan fingerprint density at radius 1 is 1.02 bits per heavy atom. The molecule has 0 fully saturated rings. The monoisotopic (exact) mass is 573 g/mol. The van der Waals surface area contributed by atoms with Crippen molar-refractivity contribution >= 4 is 35.2 Å². The maximum absolute atomic E-state index is 14.5. The van der Waals surface area contributed by atoms with Gasteiger partial charge in [0, 0.05) is 11.1 Å². The first-order valence-corrected chi connectivity index (χ1v) is 14.0.